The van der Waals surface area contributed by atoms with E-state index in [1.807, 2.05) is 24.3 Å². The summed E-state index contributed by atoms with van der Waals surface area (Å²) in [7, 11) is 1.78. The second-order valence-electron chi connectivity index (χ2n) is 3.42. The molecule has 0 spiro atoms. The molecule has 1 atom stereocenters. The predicted octanol–water partition coefficient (Wildman–Crippen LogP) is 0.874. The number of carbonyl (C=O) groups is 1. The lowest BCUT2D eigenvalue weighted by atomic mass is 10.0. The first-order chi connectivity index (χ1) is 6.81. The van der Waals surface area contributed by atoms with Crippen molar-refractivity contribution in [3.8, 4) is 0 Å². The summed E-state index contributed by atoms with van der Waals surface area (Å²) in [4.78, 5) is 11.4. The first-order valence-electron chi connectivity index (χ1n) is 4.72. The Morgan fingerprint density at radius 2 is 2.07 bits per heavy atom. The van der Waals surface area contributed by atoms with Gasteiger partial charge in [-0.1, -0.05) is 24.3 Å². The van der Waals surface area contributed by atoms with E-state index in [2.05, 4.69) is 5.32 Å². The summed E-state index contributed by atoms with van der Waals surface area (Å²) < 4.78 is 5.13. The number of esters is 1. The van der Waals surface area contributed by atoms with Gasteiger partial charge in [-0.15, -0.1) is 0 Å². The molecule has 2 rings (SSSR count). The van der Waals surface area contributed by atoms with Crippen LogP contribution in [0.4, 0.5) is 0 Å². The third-order valence-electron chi connectivity index (χ3n) is 2.55. The van der Waals surface area contributed by atoms with Gasteiger partial charge >= 0.3 is 5.97 Å². The van der Waals surface area contributed by atoms with Gasteiger partial charge in [0, 0.05) is 0 Å². The largest absolute Gasteiger partial charge is 0.460 e. The highest BCUT2D eigenvalue weighted by molar-refractivity contribution is 5.76. The topological polar surface area (TPSA) is 38.3 Å². The summed E-state index contributed by atoms with van der Waals surface area (Å²) in [5.41, 5.74) is 2.30. The Balaban J connectivity index is 2.31. The molecule has 3 heteroatoms. The lowest BCUT2D eigenvalue weighted by Gasteiger charge is -2.10. The van der Waals surface area contributed by atoms with E-state index in [1.165, 1.54) is 5.56 Å². The Bertz CT molecular complexity index is 349. The average molecular weight is 191 g/mol. The summed E-state index contributed by atoms with van der Waals surface area (Å²) >= 11 is 0. The fraction of sp³-hybridized carbons (Fsp3) is 0.364. The fourth-order valence-corrected chi connectivity index (χ4v) is 1.67. The van der Waals surface area contributed by atoms with E-state index in [-0.39, 0.29) is 12.0 Å². The Labute approximate surface area is 83.1 Å². The number of nitrogens with one attached hydrogen (secondary N) is 1. The number of cyclic esters (lactones) is 1. The first kappa shape index (κ1) is 9.21. The highest BCUT2D eigenvalue weighted by atomic mass is 16.5. The van der Waals surface area contributed by atoms with Gasteiger partial charge in [0.1, 0.15) is 12.6 Å². The Morgan fingerprint density at radius 1 is 1.36 bits per heavy atom. The molecule has 0 saturated carbocycles. The number of hydrogen-bond acceptors (Lipinski definition) is 3. The van der Waals surface area contributed by atoms with E-state index in [9.17, 15) is 4.79 Å². The maximum Gasteiger partial charge on any atom is 0.323 e. The lowest BCUT2D eigenvalue weighted by molar-refractivity contribution is -0.146. The number of benzene rings is 1. The quantitative estimate of drug-likeness (QED) is 0.669. The van der Waals surface area contributed by atoms with Gasteiger partial charge in [-0.05, 0) is 24.6 Å². The number of carbonyl (C=O) groups excluding carboxylic acids is 1. The van der Waals surface area contributed by atoms with E-state index >= 15 is 0 Å². The predicted molar refractivity (Wildman–Crippen MR) is 52.8 cm³/mol. The van der Waals surface area contributed by atoms with Gasteiger partial charge in [-0.3, -0.25) is 4.79 Å². The molecule has 0 amide bonds. The minimum atomic E-state index is -0.210. The van der Waals surface area contributed by atoms with Crippen molar-refractivity contribution in [1.29, 1.82) is 0 Å². The van der Waals surface area contributed by atoms with Crippen LogP contribution in [-0.2, 0) is 22.6 Å². The van der Waals surface area contributed by atoms with Crippen LogP contribution in [-0.4, -0.2) is 19.1 Å². The molecule has 1 aliphatic rings. The Kier molecular flexibility index (Phi) is 2.50. The molecule has 0 saturated heterocycles. The van der Waals surface area contributed by atoms with Gasteiger partial charge in [-0.25, -0.2) is 0 Å². The Hall–Kier alpha value is -1.35. The van der Waals surface area contributed by atoms with E-state index in [1.54, 1.807) is 7.05 Å². The number of rotatable bonds is 1. The van der Waals surface area contributed by atoms with Crippen molar-refractivity contribution in [2.45, 2.75) is 19.1 Å². The maximum absolute atomic E-state index is 11.4. The molecule has 3 nitrogen and oxygen atoms in total. The van der Waals surface area contributed by atoms with Crippen LogP contribution >= 0.6 is 0 Å². The van der Waals surface area contributed by atoms with Crippen LogP contribution in [0.5, 0.6) is 0 Å². The molecule has 1 N–H and O–H groups in total. The van der Waals surface area contributed by atoms with E-state index in [0.717, 1.165) is 5.56 Å². The van der Waals surface area contributed by atoms with Crippen LogP contribution in [0.25, 0.3) is 0 Å². The van der Waals surface area contributed by atoms with E-state index in [0.29, 0.717) is 13.0 Å². The van der Waals surface area contributed by atoms with Gasteiger partial charge in [-0.2, -0.15) is 0 Å². The summed E-state index contributed by atoms with van der Waals surface area (Å²) in [5.74, 6) is -0.163. The van der Waals surface area contributed by atoms with Crippen molar-refractivity contribution >= 4 is 5.97 Å². The van der Waals surface area contributed by atoms with Crippen LogP contribution in [0, 0.1) is 0 Å². The zero-order valence-corrected chi connectivity index (χ0v) is 8.12. The van der Waals surface area contributed by atoms with Crippen molar-refractivity contribution in [3.05, 3.63) is 35.4 Å². The smallest absolute Gasteiger partial charge is 0.323 e. The molecular formula is C11H13NO2. The summed E-state index contributed by atoms with van der Waals surface area (Å²) in [6.45, 7) is 0.396. The molecule has 0 bridgehead atoms. The van der Waals surface area contributed by atoms with E-state index in [4.69, 9.17) is 4.74 Å². The van der Waals surface area contributed by atoms with Crippen molar-refractivity contribution in [3.63, 3.8) is 0 Å². The van der Waals surface area contributed by atoms with Gasteiger partial charge in [0.25, 0.3) is 0 Å². The molecule has 1 heterocycles. The van der Waals surface area contributed by atoms with Gasteiger partial charge in [0.2, 0.25) is 0 Å². The highest BCUT2D eigenvalue weighted by Crippen LogP contribution is 2.16. The fourth-order valence-electron chi connectivity index (χ4n) is 1.67. The molecule has 0 fully saturated rings. The van der Waals surface area contributed by atoms with E-state index < -0.39 is 0 Å². The van der Waals surface area contributed by atoms with Crippen LogP contribution in [0.3, 0.4) is 0 Å². The number of hydrogen-bond donors (Lipinski definition) is 1. The second-order valence-corrected chi connectivity index (χ2v) is 3.42. The molecule has 1 unspecified atom stereocenters. The zero-order chi connectivity index (χ0) is 9.97. The molecule has 0 aliphatic carbocycles. The molecule has 0 radical (unpaired) electrons. The maximum atomic E-state index is 11.4. The SMILES string of the molecule is CNC1Cc2ccccc2COC1=O. The first-order valence-corrected chi connectivity index (χ1v) is 4.72. The Morgan fingerprint density at radius 3 is 2.79 bits per heavy atom. The zero-order valence-electron chi connectivity index (χ0n) is 8.12. The summed E-state index contributed by atoms with van der Waals surface area (Å²) in [6, 6.07) is 7.79. The number of fused-ring (bicyclic) bond motifs is 1. The molecule has 0 aromatic heterocycles. The van der Waals surface area contributed by atoms with Crippen LogP contribution in [0.1, 0.15) is 11.1 Å². The van der Waals surface area contributed by atoms with Crippen molar-refractivity contribution in [1.82, 2.24) is 5.32 Å². The van der Waals surface area contributed by atoms with Crippen molar-refractivity contribution in [2.24, 2.45) is 0 Å². The normalized spacial score (nSPS) is 20.9. The van der Waals surface area contributed by atoms with Crippen LogP contribution in [0.15, 0.2) is 24.3 Å². The average Bonchev–Trinajstić information content (AvgIpc) is 2.38. The minimum Gasteiger partial charge on any atom is -0.460 e. The molecule has 1 aromatic carbocycles. The molecule has 1 aliphatic heterocycles. The minimum absolute atomic E-state index is 0.163. The van der Waals surface area contributed by atoms with Crippen LogP contribution in [0.2, 0.25) is 0 Å². The molecule has 1 aromatic rings. The number of ether oxygens (including phenoxy) is 1. The van der Waals surface area contributed by atoms with Gasteiger partial charge in [0.15, 0.2) is 0 Å². The monoisotopic (exact) mass is 191 g/mol. The van der Waals surface area contributed by atoms with Crippen molar-refractivity contribution < 1.29 is 9.53 Å². The van der Waals surface area contributed by atoms with Gasteiger partial charge in [0.05, 0.1) is 0 Å². The summed E-state index contributed by atoms with van der Waals surface area (Å²) in [6.07, 6.45) is 0.714. The molecule has 14 heavy (non-hydrogen) atoms. The lowest BCUT2D eigenvalue weighted by Crippen LogP contribution is -2.35. The standard InChI is InChI=1S/C11H13NO2/c1-12-10-6-8-4-2-3-5-9(8)7-14-11(10)13/h2-5,10,12H,6-7H2,1H3. The number of likely N-dealkylation sites (N-methyl/N-ethyl adjacent to an activating group) is 1. The van der Waals surface area contributed by atoms with Crippen molar-refractivity contribution in [2.75, 3.05) is 7.05 Å². The molecule has 74 valence electrons. The van der Waals surface area contributed by atoms with Crippen LogP contribution < -0.4 is 5.32 Å². The highest BCUT2D eigenvalue weighted by Gasteiger charge is 2.23. The molecular weight excluding hydrogens is 178 g/mol. The third kappa shape index (κ3) is 1.63. The summed E-state index contributed by atoms with van der Waals surface area (Å²) in [5, 5.41) is 2.96. The second kappa shape index (κ2) is 3.80. The third-order valence-corrected chi connectivity index (χ3v) is 2.55. The van der Waals surface area contributed by atoms with Gasteiger partial charge < -0.3 is 10.1 Å².